The Morgan fingerprint density at radius 3 is 1.92 bits per heavy atom. The van der Waals surface area contributed by atoms with Crippen LogP contribution in [0.15, 0.2) is 0 Å². The van der Waals surface area contributed by atoms with Crippen LogP contribution < -0.4 is 11.1 Å². The topological polar surface area (TPSA) is 299 Å². The van der Waals surface area contributed by atoms with Crippen LogP contribution in [0.3, 0.4) is 0 Å². The number of primary amides is 1. The number of nitrogens with two attached hydrogens (primary N) is 1. The number of nitrogens with one attached hydrogen (secondary N) is 1. The van der Waals surface area contributed by atoms with Crippen LogP contribution in [0.25, 0.3) is 0 Å². The van der Waals surface area contributed by atoms with Crippen LogP contribution in [-0.4, -0.2) is 178 Å². The van der Waals surface area contributed by atoms with Gasteiger partial charge in [-0.1, -0.05) is 39.0 Å². The molecule has 0 aromatic carbocycles. The molecule has 11 N–H and O–H groups in total. The third kappa shape index (κ3) is 11.4. The highest BCUT2D eigenvalue weighted by atomic mass is 16.8. The van der Waals surface area contributed by atoms with Gasteiger partial charge in [0.15, 0.2) is 18.9 Å². The Labute approximate surface area is 284 Å². The molecule has 15 atom stereocenters. The minimum Gasteiger partial charge on any atom is -0.394 e. The number of aliphatic hydroxyl groups is 8. The molecule has 3 heterocycles. The average molecular weight is 715 g/mol. The van der Waals surface area contributed by atoms with Crippen LogP contribution in [0.4, 0.5) is 0 Å². The Morgan fingerprint density at radius 1 is 0.694 bits per heavy atom. The van der Waals surface area contributed by atoms with Crippen molar-refractivity contribution in [3.8, 4) is 0 Å². The minimum atomic E-state index is -1.93. The van der Waals surface area contributed by atoms with E-state index in [0.717, 1.165) is 32.1 Å². The molecule has 0 aromatic heterocycles. The minimum absolute atomic E-state index is 0.246. The highest BCUT2D eigenvalue weighted by Gasteiger charge is 2.54. The van der Waals surface area contributed by atoms with Crippen molar-refractivity contribution in [1.29, 1.82) is 0 Å². The lowest BCUT2D eigenvalue weighted by Crippen LogP contribution is -2.68. The van der Waals surface area contributed by atoms with Gasteiger partial charge in [-0.25, -0.2) is 0 Å². The number of aliphatic hydroxyl groups excluding tert-OH is 8. The van der Waals surface area contributed by atoms with Gasteiger partial charge >= 0.3 is 0 Å². The first-order valence-electron chi connectivity index (χ1n) is 16.7. The monoisotopic (exact) mass is 714 g/mol. The fourth-order valence-corrected chi connectivity index (χ4v) is 5.93. The second-order valence-electron chi connectivity index (χ2n) is 12.5. The van der Waals surface area contributed by atoms with Crippen molar-refractivity contribution in [3.05, 3.63) is 0 Å². The van der Waals surface area contributed by atoms with Gasteiger partial charge in [-0.15, -0.1) is 0 Å². The largest absolute Gasteiger partial charge is 0.394 e. The normalized spacial score (nSPS) is 39.8. The number of carbonyl (C=O) groups is 2. The maximum Gasteiger partial charge on any atom is 0.243 e. The summed E-state index contributed by atoms with van der Waals surface area (Å²) in [6, 6.07) is -1.19. The first-order valence-corrected chi connectivity index (χ1v) is 16.7. The van der Waals surface area contributed by atoms with Gasteiger partial charge in [0.25, 0.3) is 0 Å². The molecule has 286 valence electrons. The van der Waals surface area contributed by atoms with Crippen LogP contribution in [-0.2, 0) is 42.7 Å². The standard InChI is InChI=1S/C30H54N2O17/c1-3-4-5-6-7-8-9-44-28-19(32-14(2)35)22(39)26(16(11-34)46-28)48-30-25(42)27(21(38)17(47-30)12-43-13-18(31)36)49-29-24(41)23(40)20(37)15(10-33)45-29/h15-17,19-30,33-34,37-42H,3-13H2,1-2H3,(H2,31,36)(H,32,35)/t15-,16-,17-,19-,20+,21+,22-,23+,24-,25-,26-,27+,28-,29-,30+/m1/s1. The van der Waals surface area contributed by atoms with E-state index in [1.165, 1.54) is 6.92 Å². The van der Waals surface area contributed by atoms with E-state index >= 15 is 0 Å². The van der Waals surface area contributed by atoms with Gasteiger partial charge in [-0.3, -0.25) is 9.59 Å². The zero-order valence-electron chi connectivity index (χ0n) is 27.8. The van der Waals surface area contributed by atoms with Crippen molar-refractivity contribution < 1.29 is 83.6 Å². The van der Waals surface area contributed by atoms with E-state index in [4.69, 9.17) is 38.9 Å². The summed E-state index contributed by atoms with van der Waals surface area (Å²) in [6.07, 6.45) is -16.8. The Balaban J connectivity index is 1.79. The molecule has 49 heavy (non-hydrogen) atoms. The zero-order chi connectivity index (χ0) is 36.2. The van der Waals surface area contributed by atoms with E-state index in [9.17, 15) is 50.4 Å². The van der Waals surface area contributed by atoms with E-state index in [1.54, 1.807) is 0 Å². The van der Waals surface area contributed by atoms with Crippen LogP contribution in [0.5, 0.6) is 0 Å². The summed E-state index contributed by atoms with van der Waals surface area (Å²) in [6.45, 7) is 1.04. The van der Waals surface area contributed by atoms with Gasteiger partial charge in [-0.2, -0.15) is 0 Å². The molecule has 3 saturated heterocycles. The molecule has 2 amide bonds. The van der Waals surface area contributed by atoms with Gasteiger partial charge in [0.05, 0.1) is 19.8 Å². The quantitative estimate of drug-likeness (QED) is 0.0564. The SMILES string of the molecule is CCCCCCCCO[C@@H]1O[C@H](CO)[C@@H](O[C@@H]2O[C@H](COCC(N)=O)[C@H](O)[C@H](O[C@H]3O[C@H](CO)[C@H](O)[C@H](O)[C@H]3O)[C@H]2O)[C@H](O)[C@H]1NC(C)=O. The van der Waals surface area contributed by atoms with Gasteiger partial charge in [0, 0.05) is 13.5 Å². The molecule has 19 nitrogen and oxygen atoms in total. The van der Waals surface area contributed by atoms with Crippen molar-refractivity contribution in [2.24, 2.45) is 5.73 Å². The van der Waals surface area contributed by atoms with Crippen molar-refractivity contribution in [3.63, 3.8) is 0 Å². The molecule has 3 aliphatic heterocycles. The van der Waals surface area contributed by atoms with E-state index in [2.05, 4.69) is 12.2 Å². The molecule has 0 aromatic rings. The lowest BCUT2D eigenvalue weighted by molar-refractivity contribution is -0.376. The summed E-state index contributed by atoms with van der Waals surface area (Å²) in [7, 11) is 0. The number of hydrogen-bond donors (Lipinski definition) is 10. The number of amides is 2. The molecule has 0 unspecified atom stereocenters. The second-order valence-corrected chi connectivity index (χ2v) is 12.5. The summed E-state index contributed by atoms with van der Waals surface area (Å²) in [5.74, 6) is -1.36. The van der Waals surface area contributed by atoms with Crippen molar-refractivity contribution in [1.82, 2.24) is 5.32 Å². The molecular weight excluding hydrogens is 660 g/mol. The molecule has 3 aliphatic rings. The molecule has 0 aliphatic carbocycles. The van der Waals surface area contributed by atoms with Gasteiger partial charge in [0.1, 0.15) is 79.8 Å². The van der Waals surface area contributed by atoms with E-state index < -0.39 is 130 Å². The highest BCUT2D eigenvalue weighted by molar-refractivity contribution is 5.75. The lowest BCUT2D eigenvalue weighted by atomic mass is 9.95. The molecule has 19 heteroatoms. The first-order chi connectivity index (χ1) is 23.3. The predicted octanol–water partition coefficient (Wildman–Crippen LogP) is -4.53. The first kappa shape index (κ1) is 41.8. The third-order valence-corrected chi connectivity index (χ3v) is 8.60. The summed E-state index contributed by atoms with van der Waals surface area (Å²) in [5.41, 5.74) is 5.13. The second kappa shape index (κ2) is 20.4. The van der Waals surface area contributed by atoms with Crippen molar-refractivity contribution >= 4 is 11.8 Å². The number of unbranched alkanes of at least 4 members (excludes halogenated alkanes) is 5. The molecule has 3 rings (SSSR count). The Morgan fingerprint density at radius 2 is 1.29 bits per heavy atom. The maximum atomic E-state index is 12.1. The molecular formula is C30H54N2O17. The Hall–Kier alpha value is -1.66. The maximum absolute atomic E-state index is 12.1. The van der Waals surface area contributed by atoms with Crippen LogP contribution in [0.1, 0.15) is 52.4 Å². The van der Waals surface area contributed by atoms with E-state index in [0.29, 0.717) is 6.42 Å². The summed E-state index contributed by atoms with van der Waals surface area (Å²) < 4.78 is 39.7. The van der Waals surface area contributed by atoms with E-state index in [1.807, 2.05) is 0 Å². The fourth-order valence-electron chi connectivity index (χ4n) is 5.93. The predicted molar refractivity (Wildman–Crippen MR) is 163 cm³/mol. The number of rotatable bonds is 19. The van der Waals surface area contributed by atoms with Crippen LogP contribution in [0.2, 0.25) is 0 Å². The summed E-state index contributed by atoms with van der Waals surface area (Å²) >= 11 is 0. The molecule has 0 saturated carbocycles. The highest BCUT2D eigenvalue weighted by Crippen LogP contribution is 2.33. The Bertz CT molecular complexity index is 996. The number of ether oxygens (including phenoxy) is 7. The smallest absolute Gasteiger partial charge is 0.243 e. The van der Waals surface area contributed by atoms with Crippen LogP contribution >= 0.6 is 0 Å². The van der Waals surface area contributed by atoms with Gasteiger partial charge in [-0.05, 0) is 6.42 Å². The Kier molecular flexibility index (Phi) is 17.4. The molecule has 3 fully saturated rings. The van der Waals surface area contributed by atoms with Gasteiger partial charge < -0.3 is 85.1 Å². The summed E-state index contributed by atoms with van der Waals surface area (Å²) in [5, 5.41) is 87.0. The number of hydrogen-bond acceptors (Lipinski definition) is 17. The zero-order valence-corrected chi connectivity index (χ0v) is 27.8. The fraction of sp³-hybridized carbons (Fsp3) is 0.933. The van der Waals surface area contributed by atoms with E-state index in [-0.39, 0.29) is 6.61 Å². The van der Waals surface area contributed by atoms with Crippen molar-refractivity contribution in [2.75, 3.05) is 33.0 Å². The molecule has 0 spiro atoms. The third-order valence-electron chi connectivity index (χ3n) is 8.60. The molecule has 0 radical (unpaired) electrons. The van der Waals surface area contributed by atoms with Crippen LogP contribution in [0, 0.1) is 0 Å². The lowest BCUT2D eigenvalue weighted by Gasteiger charge is -2.49. The van der Waals surface area contributed by atoms with Crippen molar-refractivity contribution in [2.45, 2.75) is 144 Å². The summed E-state index contributed by atoms with van der Waals surface area (Å²) in [4.78, 5) is 23.3. The molecule has 0 bridgehead atoms. The van der Waals surface area contributed by atoms with Gasteiger partial charge in [0.2, 0.25) is 11.8 Å². The number of carbonyl (C=O) groups excluding carboxylic acids is 2. The average Bonchev–Trinajstić information content (AvgIpc) is 3.06.